The van der Waals surface area contributed by atoms with E-state index in [-0.39, 0.29) is 0 Å². The predicted molar refractivity (Wildman–Crippen MR) is 35.4 cm³/mol. The van der Waals surface area contributed by atoms with Crippen molar-refractivity contribution in [3.63, 3.8) is 0 Å². The van der Waals surface area contributed by atoms with Gasteiger partial charge in [-0.3, -0.25) is 0 Å². The van der Waals surface area contributed by atoms with E-state index in [1.54, 1.807) is 0 Å². The first-order valence-corrected chi connectivity index (χ1v) is 2.97. The first kappa shape index (κ1) is 10.4. The lowest BCUT2D eigenvalue weighted by Crippen LogP contribution is -2.39. The van der Waals surface area contributed by atoms with Gasteiger partial charge in [-0.1, -0.05) is 0 Å². The topological polar surface area (TPSA) is 101 Å². The zero-order chi connectivity index (χ0) is 9.94. The molecule has 0 aromatic heterocycles. The summed E-state index contributed by atoms with van der Waals surface area (Å²) in [4.78, 5) is 30.6. The molecule has 2 N–H and O–H groups in total. The second-order valence-corrected chi connectivity index (χ2v) is 2.51. The van der Waals surface area contributed by atoms with Crippen molar-refractivity contribution in [2.24, 2.45) is 0 Å². The van der Waals surface area contributed by atoms with E-state index in [4.69, 9.17) is 10.2 Å². The summed E-state index contributed by atoms with van der Waals surface area (Å²) in [6.07, 6.45) is 0. The lowest BCUT2D eigenvalue weighted by Gasteiger charge is -2.17. The van der Waals surface area contributed by atoms with Gasteiger partial charge in [0.15, 0.2) is 0 Å². The molecule has 0 spiro atoms. The molecule has 0 aromatic carbocycles. The highest BCUT2D eigenvalue weighted by Crippen LogP contribution is 2.08. The molecular formula is C6H8O6. The normalized spacial score (nSPS) is 10.5. The highest BCUT2D eigenvalue weighted by molar-refractivity contribution is 6.29. The summed E-state index contributed by atoms with van der Waals surface area (Å²) in [6, 6.07) is 0. The fourth-order valence-corrected chi connectivity index (χ4v) is 0.319. The van der Waals surface area contributed by atoms with Crippen LogP contribution in [0.1, 0.15) is 13.8 Å². The average Bonchev–Trinajstić information content (AvgIpc) is 1.85. The maximum atomic E-state index is 10.4. The summed E-state index contributed by atoms with van der Waals surface area (Å²) in [5.41, 5.74) is -1.81. The van der Waals surface area contributed by atoms with Crippen LogP contribution in [0.2, 0.25) is 0 Å². The van der Waals surface area contributed by atoms with Crippen LogP contribution in [-0.4, -0.2) is 33.7 Å². The van der Waals surface area contributed by atoms with Crippen LogP contribution in [-0.2, 0) is 19.1 Å². The van der Waals surface area contributed by atoms with Crippen LogP contribution >= 0.6 is 0 Å². The van der Waals surface area contributed by atoms with Crippen molar-refractivity contribution in [1.29, 1.82) is 0 Å². The number of rotatable bonds is 2. The molecule has 0 fully saturated rings. The molecule has 0 aliphatic carbocycles. The first-order valence-electron chi connectivity index (χ1n) is 2.97. The monoisotopic (exact) mass is 176 g/mol. The minimum absolute atomic E-state index is 1.08. The van der Waals surface area contributed by atoms with Crippen LogP contribution in [0, 0.1) is 0 Å². The van der Waals surface area contributed by atoms with E-state index in [1.807, 2.05) is 0 Å². The quantitative estimate of drug-likeness (QED) is 0.433. The Hall–Kier alpha value is -1.59. The summed E-state index contributed by atoms with van der Waals surface area (Å²) < 4.78 is 4.12. The highest BCUT2D eigenvalue weighted by Gasteiger charge is 2.33. The van der Waals surface area contributed by atoms with E-state index >= 15 is 0 Å². The molecule has 0 rings (SSSR count). The molecule has 0 atom stereocenters. The number of carboxylic acid groups (broad SMARTS) is 2. The average molecular weight is 176 g/mol. The Labute approximate surface area is 67.8 Å². The molecule has 0 radical (unpaired) electrons. The summed E-state index contributed by atoms with van der Waals surface area (Å²) in [5, 5.41) is 16.5. The number of hydrogen-bond acceptors (Lipinski definition) is 4. The third-order valence-corrected chi connectivity index (χ3v) is 1.04. The standard InChI is InChI=1S/C6H8O6/c1-6(2,5(10)11)12-4(9)3(7)8/h1-2H3,(H,7,8)(H,10,11). The minimum Gasteiger partial charge on any atom is -0.478 e. The zero-order valence-electron chi connectivity index (χ0n) is 6.53. The van der Waals surface area contributed by atoms with Crippen molar-refractivity contribution < 1.29 is 29.3 Å². The maximum absolute atomic E-state index is 10.4. The van der Waals surface area contributed by atoms with Crippen LogP contribution in [0.4, 0.5) is 0 Å². The van der Waals surface area contributed by atoms with Crippen molar-refractivity contribution >= 4 is 17.9 Å². The molecule has 0 saturated carbocycles. The van der Waals surface area contributed by atoms with Crippen molar-refractivity contribution in [2.45, 2.75) is 19.4 Å². The van der Waals surface area contributed by atoms with Gasteiger partial charge in [-0.15, -0.1) is 0 Å². The van der Waals surface area contributed by atoms with Crippen LogP contribution in [0.5, 0.6) is 0 Å². The van der Waals surface area contributed by atoms with Gasteiger partial charge in [0, 0.05) is 0 Å². The van der Waals surface area contributed by atoms with Gasteiger partial charge < -0.3 is 14.9 Å². The number of esters is 1. The molecule has 0 heterocycles. The summed E-state index contributed by atoms with van der Waals surface area (Å²) in [7, 11) is 0. The Morgan fingerprint density at radius 2 is 1.58 bits per heavy atom. The Bertz CT molecular complexity index is 228. The number of hydrogen-bond donors (Lipinski definition) is 2. The number of carbonyl (C=O) groups excluding carboxylic acids is 1. The van der Waals surface area contributed by atoms with Crippen molar-refractivity contribution in [3.8, 4) is 0 Å². The Balaban J connectivity index is 4.35. The fourth-order valence-electron chi connectivity index (χ4n) is 0.319. The maximum Gasteiger partial charge on any atom is 0.418 e. The second kappa shape index (κ2) is 3.21. The molecule has 0 aromatic rings. The van der Waals surface area contributed by atoms with Gasteiger partial charge in [0.05, 0.1) is 0 Å². The SMILES string of the molecule is CC(C)(OC(=O)C(=O)O)C(=O)O. The molecule has 12 heavy (non-hydrogen) atoms. The lowest BCUT2D eigenvalue weighted by atomic mass is 10.1. The fraction of sp³-hybridized carbons (Fsp3) is 0.500. The predicted octanol–water partition coefficient (Wildman–Crippen LogP) is -0.523. The van der Waals surface area contributed by atoms with E-state index in [2.05, 4.69) is 4.74 Å². The third kappa shape index (κ3) is 2.57. The molecule has 68 valence electrons. The molecule has 6 heteroatoms. The summed E-state index contributed by atoms with van der Waals surface area (Å²) >= 11 is 0. The summed E-state index contributed by atoms with van der Waals surface area (Å²) in [5.74, 6) is -4.80. The van der Waals surface area contributed by atoms with Crippen molar-refractivity contribution in [2.75, 3.05) is 0 Å². The number of aliphatic carboxylic acids is 2. The largest absolute Gasteiger partial charge is 0.478 e. The molecule has 0 aliphatic heterocycles. The van der Waals surface area contributed by atoms with Gasteiger partial charge in [0.1, 0.15) is 0 Å². The van der Waals surface area contributed by atoms with E-state index < -0.39 is 23.5 Å². The molecule has 0 unspecified atom stereocenters. The Morgan fingerprint density at radius 1 is 1.17 bits per heavy atom. The van der Waals surface area contributed by atoms with Gasteiger partial charge >= 0.3 is 17.9 Å². The van der Waals surface area contributed by atoms with Gasteiger partial charge in [0.2, 0.25) is 5.60 Å². The van der Waals surface area contributed by atoms with Crippen LogP contribution < -0.4 is 0 Å². The van der Waals surface area contributed by atoms with Crippen LogP contribution in [0.25, 0.3) is 0 Å². The van der Waals surface area contributed by atoms with Gasteiger partial charge in [-0.05, 0) is 13.8 Å². The van der Waals surface area contributed by atoms with Crippen LogP contribution in [0.15, 0.2) is 0 Å². The van der Waals surface area contributed by atoms with Gasteiger partial charge in [-0.2, -0.15) is 0 Å². The van der Waals surface area contributed by atoms with E-state index in [9.17, 15) is 14.4 Å². The number of ether oxygens (including phenoxy) is 1. The lowest BCUT2D eigenvalue weighted by molar-refractivity contribution is -0.181. The highest BCUT2D eigenvalue weighted by atomic mass is 16.6. The molecule has 0 saturated heterocycles. The molecule has 0 aliphatic rings. The van der Waals surface area contributed by atoms with Crippen molar-refractivity contribution in [1.82, 2.24) is 0 Å². The first-order chi connectivity index (χ1) is 5.27. The number of carboxylic acids is 2. The van der Waals surface area contributed by atoms with E-state index in [0.717, 1.165) is 13.8 Å². The van der Waals surface area contributed by atoms with Gasteiger partial charge in [0.25, 0.3) is 0 Å². The second-order valence-electron chi connectivity index (χ2n) is 2.51. The smallest absolute Gasteiger partial charge is 0.418 e. The zero-order valence-corrected chi connectivity index (χ0v) is 6.53. The Kier molecular flexibility index (Phi) is 2.78. The van der Waals surface area contributed by atoms with Gasteiger partial charge in [-0.25, -0.2) is 14.4 Å². The third-order valence-electron chi connectivity index (χ3n) is 1.04. The number of carbonyl (C=O) groups is 3. The summed E-state index contributed by atoms with van der Waals surface area (Å²) in [6.45, 7) is 2.16. The molecule has 6 nitrogen and oxygen atoms in total. The minimum atomic E-state index is -1.82. The molecule has 0 bridgehead atoms. The molecular weight excluding hydrogens is 168 g/mol. The van der Waals surface area contributed by atoms with Crippen molar-refractivity contribution in [3.05, 3.63) is 0 Å². The molecule has 0 amide bonds. The van der Waals surface area contributed by atoms with Crippen LogP contribution in [0.3, 0.4) is 0 Å². The van der Waals surface area contributed by atoms with E-state index in [0.29, 0.717) is 0 Å². The van der Waals surface area contributed by atoms with E-state index in [1.165, 1.54) is 0 Å². The Morgan fingerprint density at radius 3 is 1.83 bits per heavy atom.